The van der Waals surface area contributed by atoms with Crippen molar-refractivity contribution >= 4 is 7.82 Å². The van der Waals surface area contributed by atoms with Crippen LogP contribution < -0.4 is 0 Å². The molecular formula is C5H10F3O4P. The summed E-state index contributed by atoms with van der Waals surface area (Å²) in [5.41, 5.74) is 0. The summed E-state index contributed by atoms with van der Waals surface area (Å²) in [6, 6.07) is 0. The van der Waals surface area contributed by atoms with E-state index in [-0.39, 0.29) is 13.2 Å². The molecule has 80 valence electrons. The Morgan fingerprint density at radius 1 is 1.15 bits per heavy atom. The molecule has 0 atom stereocenters. The van der Waals surface area contributed by atoms with Crippen LogP contribution in [0, 0.1) is 0 Å². The second-order valence-corrected chi connectivity index (χ2v) is 3.41. The minimum atomic E-state index is -5.03. The van der Waals surface area contributed by atoms with Crippen LogP contribution in [0.1, 0.15) is 13.8 Å². The normalized spacial score (nSPS) is 13.3. The van der Waals surface area contributed by atoms with Gasteiger partial charge in [-0.05, 0) is 13.8 Å². The van der Waals surface area contributed by atoms with Crippen molar-refractivity contribution in [3.05, 3.63) is 0 Å². The Bertz CT molecular complexity index is 183. The Labute approximate surface area is 73.6 Å². The van der Waals surface area contributed by atoms with E-state index in [2.05, 4.69) is 13.6 Å². The molecular weight excluding hydrogens is 212 g/mol. The molecule has 0 amide bonds. The fourth-order valence-corrected chi connectivity index (χ4v) is 1.60. The van der Waals surface area contributed by atoms with Crippen LogP contribution in [0.3, 0.4) is 0 Å². The second kappa shape index (κ2) is 4.95. The molecule has 0 aliphatic carbocycles. The Morgan fingerprint density at radius 3 is 1.77 bits per heavy atom. The average molecular weight is 222 g/mol. The van der Waals surface area contributed by atoms with Gasteiger partial charge in [-0.3, -0.25) is 9.05 Å². The Hall–Kier alpha value is -0.100. The fraction of sp³-hybridized carbons (Fsp3) is 1.00. The molecule has 0 N–H and O–H groups in total. The van der Waals surface area contributed by atoms with Gasteiger partial charge in [0.1, 0.15) is 0 Å². The smallest absolute Gasteiger partial charge is 0.287 e. The maximum Gasteiger partial charge on any atom is 0.531 e. The van der Waals surface area contributed by atoms with Crippen LogP contribution in [0.25, 0.3) is 0 Å². The van der Waals surface area contributed by atoms with Gasteiger partial charge in [-0.25, -0.2) is 4.57 Å². The van der Waals surface area contributed by atoms with Crippen molar-refractivity contribution in [2.45, 2.75) is 20.2 Å². The molecule has 0 aromatic heterocycles. The Morgan fingerprint density at radius 2 is 1.54 bits per heavy atom. The van der Waals surface area contributed by atoms with E-state index in [0.717, 1.165) is 0 Å². The number of hydrogen-bond acceptors (Lipinski definition) is 4. The van der Waals surface area contributed by atoms with Crippen LogP contribution in [-0.2, 0) is 18.1 Å². The van der Waals surface area contributed by atoms with Gasteiger partial charge in [-0.2, -0.15) is 4.52 Å². The van der Waals surface area contributed by atoms with Crippen molar-refractivity contribution in [3.8, 4) is 0 Å². The van der Waals surface area contributed by atoms with Crippen LogP contribution in [0.2, 0.25) is 0 Å². The van der Waals surface area contributed by atoms with Crippen molar-refractivity contribution in [3.63, 3.8) is 0 Å². The van der Waals surface area contributed by atoms with E-state index in [9.17, 15) is 17.7 Å². The summed E-state index contributed by atoms with van der Waals surface area (Å²) < 4.78 is 57.7. The quantitative estimate of drug-likeness (QED) is 0.671. The van der Waals surface area contributed by atoms with Gasteiger partial charge in [0.25, 0.3) is 0 Å². The van der Waals surface area contributed by atoms with Gasteiger partial charge in [0.2, 0.25) is 0 Å². The molecule has 0 aromatic rings. The molecule has 0 unspecified atom stereocenters. The largest absolute Gasteiger partial charge is 0.531 e. The maximum absolute atomic E-state index is 11.6. The molecule has 0 aliphatic heterocycles. The highest BCUT2D eigenvalue weighted by Gasteiger charge is 2.42. The molecule has 13 heavy (non-hydrogen) atoms. The summed E-state index contributed by atoms with van der Waals surface area (Å²) in [6.07, 6.45) is -5.03. The molecule has 0 radical (unpaired) electrons. The highest BCUT2D eigenvalue weighted by atomic mass is 31.2. The first-order chi connectivity index (χ1) is 5.83. The predicted octanol–water partition coefficient (Wildman–Crippen LogP) is 2.70. The van der Waals surface area contributed by atoms with Crippen LogP contribution >= 0.6 is 7.82 Å². The van der Waals surface area contributed by atoms with Crippen molar-refractivity contribution < 1.29 is 31.3 Å². The van der Waals surface area contributed by atoms with E-state index in [1.165, 1.54) is 13.8 Å². The van der Waals surface area contributed by atoms with Gasteiger partial charge in [0, 0.05) is 0 Å². The summed E-state index contributed by atoms with van der Waals surface area (Å²) in [6.45, 7) is 2.39. The van der Waals surface area contributed by atoms with E-state index in [0.29, 0.717) is 0 Å². The van der Waals surface area contributed by atoms with E-state index >= 15 is 0 Å². The van der Waals surface area contributed by atoms with E-state index in [1.807, 2.05) is 0 Å². The minimum Gasteiger partial charge on any atom is -0.287 e. The van der Waals surface area contributed by atoms with Gasteiger partial charge < -0.3 is 0 Å². The lowest BCUT2D eigenvalue weighted by Crippen LogP contribution is -2.14. The molecule has 0 aliphatic rings. The van der Waals surface area contributed by atoms with Crippen LogP contribution in [-0.4, -0.2) is 19.6 Å². The van der Waals surface area contributed by atoms with Crippen molar-refractivity contribution in [1.29, 1.82) is 0 Å². The zero-order valence-corrected chi connectivity index (χ0v) is 8.02. The van der Waals surface area contributed by atoms with E-state index in [4.69, 9.17) is 0 Å². The summed E-state index contributed by atoms with van der Waals surface area (Å²) in [7, 11) is -4.47. The summed E-state index contributed by atoms with van der Waals surface area (Å²) in [5, 5.41) is 0. The molecule has 0 spiro atoms. The average Bonchev–Trinajstić information content (AvgIpc) is 1.82. The molecule has 0 heterocycles. The van der Waals surface area contributed by atoms with Gasteiger partial charge in [-0.15, -0.1) is 13.2 Å². The third kappa shape index (κ3) is 6.04. The number of alkyl halides is 3. The van der Waals surface area contributed by atoms with Crippen molar-refractivity contribution in [2.75, 3.05) is 13.2 Å². The fourth-order valence-electron chi connectivity index (χ4n) is 0.533. The lowest BCUT2D eigenvalue weighted by molar-refractivity contribution is -0.283. The SMILES string of the molecule is CCOP(=O)(OCC)OC(F)(F)F. The standard InChI is InChI=1S/C5H10F3O4P/c1-3-10-13(9,11-4-2)12-5(6,7)8/h3-4H2,1-2H3. The molecule has 8 heteroatoms. The molecule has 0 aromatic carbocycles. The Kier molecular flexibility index (Phi) is 4.91. The monoisotopic (exact) mass is 222 g/mol. The number of hydrogen-bond donors (Lipinski definition) is 0. The number of phosphoric acid groups is 1. The van der Waals surface area contributed by atoms with Gasteiger partial charge in [0.15, 0.2) is 0 Å². The molecule has 0 fully saturated rings. The van der Waals surface area contributed by atoms with Crippen LogP contribution in [0.5, 0.6) is 0 Å². The number of halogens is 3. The van der Waals surface area contributed by atoms with Crippen LogP contribution in [0.4, 0.5) is 13.2 Å². The molecule has 0 bridgehead atoms. The van der Waals surface area contributed by atoms with E-state index in [1.54, 1.807) is 0 Å². The zero-order chi connectivity index (χ0) is 10.5. The molecule has 0 rings (SSSR count). The third-order valence-electron chi connectivity index (χ3n) is 0.790. The van der Waals surface area contributed by atoms with Gasteiger partial charge in [-0.1, -0.05) is 0 Å². The molecule has 0 saturated heterocycles. The first-order valence-electron chi connectivity index (χ1n) is 3.49. The summed E-state index contributed by atoms with van der Waals surface area (Å²) in [4.78, 5) is 0. The third-order valence-corrected chi connectivity index (χ3v) is 2.37. The highest BCUT2D eigenvalue weighted by Crippen LogP contribution is 2.53. The summed E-state index contributed by atoms with van der Waals surface area (Å²) in [5.74, 6) is 0. The van der Waals surface area contributed by atoms with Gasteiger partial charge in [0.05, 0.1) is 13.2 Å². The molecule has 0 saturated carbocycles. The topological polar surface area (TPSA) is 44.8 Å². The lowest BCUT2D eigenvalue weighted by atomic mass is 10.9. The zero-order valence-electron chi connectivity index (χ0n) is 7.13. The Balaban J connectivity index is 4.33. The van der Waals surface area contributed by atoms with Crippen molar-refractivity contribution in [1.82, 2.24) is 0 Å². The van der Waals surface area contributed by atoms with E-state index < -0.39 is 14.2 Å². The number of rotatable bonds is 5. The summed E-state index contributed by atoms with van der Waals surface area (Å²) >= 11 is 0. The predicted molar refractivity (Wildman–Crippen MR) is 38.0 cm³/mol. The second-order valence-electron chi connectivity index (χ2n) is 1.82. The molecule has 4 nitrogen and oxygen atoms in total. The maximum atomic E-state index is 11.6. The first kappa shape index (κ1) is 12.9. The highest BCUT2D eigenvalue weighted by molar-refractivity contribution is 7.48. The lowest BCUT2D eigenvalue weighted by Gasteiger charge is -2.17. The minimum absolute atomic E-state index is 0.187. The van der Waals surface area contributed by atoms with Crippen LogP contribution in [0.15, 0.2) is 0 Å². The van der Waals surface area contributed by atoms with Crippen molar-refractivity contribution in [2.24, 2.45) is 0 Å². The van der Waals surface area contributed by atoms with Gasteiger partial charge >= 0.3 is 14.2 Å². The first-order valence-corrected chi connectivity index (χ1v) is 4.95. The number of phosphoric ester groups is 1.